The molecule has 10 heteroatoms. The molecule has 4 aromatic rings. The maximum absolute atomic E-state index is 12.8. The van der Waals surface area contributed by atoms with Crippen LogP contribution in [0.15, 0.2) is 54.9 Å². The predicted molar refractivity (Wildman–Crippen MR) is 119 cm³/mol. The van der Waals surface area contributed by atoms with Crippen LogP contribution in [0.1, 0.15) is 23.0 Å². The van der Waals surface area contributed by atoms with Crippen LogP contribution >= 0.6 is 0 Å². The topological polar surface area (TPSA) is 119 Å². The van der Waals surface area contributed by atoms with Crippen LogP contribution in [-0.2, 0) is 4.74 Å². The fraction of sp³-hybridized carbons (Fsp3) is 0.174. The van der Waals surface area contributed by atoms with E-state index in [9.17, 15) is 14.9 Å². The van der Waals surface area contributed by atoms with E-state index in [-0.39, 0.29) is 24.1 Å². The van der Waals surface area contributed by atoms with E-state index in [2.05, 4.69) is 9.97 Å². The summed E-state index contributed by atoms with van der Waals surface area (Å²) in [5, 5.41) is 12.1. The standard InChI is InChI=1S/C23H20N4O6/c1-4-32-23(28)19-14(2)26(15-8-6-5-7-9-15)18-11-10-16(12-17(18)19)33-22-20(27(29)30)21(31-3)24-13-25-22/h5-13H,4H2,1-3H3. The molecule has 0 fully saturated rings. The number of carbonyl (C=O) groups excluding carboxylic acids is 1. The van der Waals surface area contributed by atoms with Crippen molar-refractivity contribution >= 4 is 22.6 Å². The van der Waals surface area contributed by atoms with Gasteiger partial charge in [-0.25, -0.2) is 4.79 Å². The van der Waals surface area contributed by atoms with Crippen LogP contribution < -0.4 is 9.47 Å². The minimum Gasteiger partial charge on any atom is -0.476 e. The lowest BCUT2D eigenvalue weighted by atomic mass is 10.1. The zero-order valence-corrected chi connectivity index (χ0v) is 18.1. The summed E-state index contributed by atoms with van der Waals surface area (Å²) >= 11 is 0. The molecular weight excluding hydrogens is 428 g/mol. The number of aromatic nitrogens is 3. The second-order valence-corrected chi connectivity index (χ2v) is 6.93. The first-order valence-corrected chi connectivity index (χ1v) is 10.0. The maximum Gasteiger partial charge on any atom is 0.392 e. The third-order valence-corrected chi connectivity index (χ3v) is 5.02. The highest BCUT2D eigenvalue weighted by atomic mass is 16.6. The number of nitro groups is 1. The first kappa shape index (κ1) is 21.8. The van der Waals surface area contributed by atoms with Crippen molar-refractivity contribution in [2.24, 2.45) is 0 Å². The Morgan fingerprint density at radius 3 is 2.52 bits per heavy atom. The number of para-hydroxylation sites is 1. The van der Waals surface area contributed by atoms with E-state index in [4.69, 9.17) is 14.2 Å². The second-order valence-electron chi connectivity index (χ2n) is 6.93. The van der Waals surface area contributed by atoms with E-state index in [1.165, 1.54) is 7.11 Å². The Kier molecular flexibility index (Phi) is 5.90. The number of hydrogen-bond donors (Lipinski definition) is 0. The molecule has 0 unspecified atom stereocenters. The summed E-state index contributed by atoms with van der Waals surface area (Å²) in [6, 6.07) is 14.6. The number of fused-ring (bicyclic) bond motifs is 1. The molecule has 4 rings (SSSR count). The lowest BCUT2D eigenvalue weighted by molar-refractivity contribution is -0.387. The number of rotatable bonds is 7. The van der Waals surface area contributed by atoms with Crippen LogP contribution in [0.25, 0.3) is 16.6 Å². The zero-order valence-electron chi connectivity index (χ0n) is 18.1. The Bertz CT molecular complexity index is 1350. The second kappa shape index (κ2) is 8.95. The van der Waals surface area contributed by atoms with Crippen LogP contribution in [0.2, 0.25) is 0 Å². The SMILES string of the molecule is CCOC(=O)c1c(C)n(-c2ccccc2)c2ccc(Oc3ncnc(OC)c3[N+](=O)[O-])cc12. The van der Waals surface area contributed by atoms with E-state index in [1.807, 2.05) is 41.8 Å². The molecule has 0 saturated carbocycles. The van der Waals surface area contributed by atoms with Gasteiger partial charge in [-0.2, -0.15) is 9.97 Å². The lowest BCUT2D eigenvalue weighted by Gasteiger charge is -2.09. The normalized spacial score (nSPS) is 10.8. The fourth-order valence-electron chi connectivity index (χ4n) is 3.67. The van der Waals surface area contributed by atoms with Gasteiger partial charge in [0.1, 0.15) is 12.1 Å². The van der Waals surface area contributed by atoms with E-state index in [0.717, 1.165) is 17.5 Å². The molecule has 10 nitrogen and oxygen atoms in total. The fourth-order valence-corrected chi connectivity index (χ4v) is 3.67. The zero-order chi connectivity index (χ0) is 23.5. The van der Waals surface area contributed by atoms with E-state index in [0.29, 0.717) is 16.6 Å². The summed E-state index contributed by atoms with van der Waals surface area (Å²) in [6.45, 7) is 3.79. The van der Waals surface area contributed by atoms with Gasteiger partial charge in [0.2, 0.25) is 0 Å². The molecule has 2 aromatic heterocycles. The predicted octanol–water partition coefficient (Wildman–Crippen LogP) is 4.61. The average molecular weight is 448 g/mol. The molecule has 0 atom stereocenters. The molecule has 2 aromatic carbocycles. The number of nitrogens with zero attached hydrogens (tertiary/aromatic N) is 4. The van der Waals surface area contributed by atoms with Crippen LogP contribution in [0.3, 0.4) is 0 Å². The van der Waals surface area contributed by atoms with Gasteiger partial charge in [-0.05, 0) is 44.2 Å². The highest BCUT2D eigenvalue weighted by molar-refractivity contribution is 6.07. The van der Waals surface area contributed by atoms with Gasteiger partial charge in [0.05, 0.1) is 29.7 Å². The smallest absolute Gasteiger partial charge is 0.392 e. The minimum absolute atomic E-state index is 0.218. The van der Waals surface area contributed by atoms with Crippen LogP contribution in [0, 0.1) is 17.0 Å². The van der Waals surface area contributed by atoms with Crippen molar-refractivity contribution in [3.8, 4) is 23.2 Å². The van der Waals surface area contributed by atoms with Crippen molar-refractivity contribution in [2.45, 2.75) is 13.8 Å². The summed E-state index contributed by atoms with van der Waals surface area (Å²) in [5.74, 6) is -0.712. The first-order chi connectivity index (χ1) is 16.0. The molecule has 0 aliphatic heterocycles. The van der Waals surface area contributed by atoms with Gasteiger partial charge in [0.25, 0.3) is 0 Å². The molecule has 0 aliphatic carbocycles. The summed E-state index contributed by atoms with van der Waals surface area (Å²) < 4.78 is 17.9. The largest absolute Gasteiger partial charge is 0.476 e. The third kappa shape index (κ3) is 3.93. The highest BCUT2D eigenvalue weighted by Gasteiger charge is 2.27. The van der Waals surface area contributed by atoms with Crippen molar-refractivity contribution in [1.82, 2.24) is 14.5 Å². The van der Waals surface area contributed by atoms with Crippen molar-refractivity contribution in [3.63, 3.8) is 0 Å². The Morgan fingerprint density at radius 2 is 1.85 bits per heavy atom. The van der Waals surface area contributed by atoms with Crippen molar-refractivity contribution in [3.05, 3.63) is 76.2 Å². The molecule has 0 amide bonds. The molecule has 2 heterocycles. The van der Waals surface area contributed by atoms with E-state index >= 15 is 0 Å². The van der Waals surface area contributed by atoms with E-state index in [1.54, 1.807) is 25.1 Å². The van der Waals surface area contributed by atoms with Crippen molar-refractivity contribution in [2.75, 3.05) is 13.7 Å². The lowest BCUT2D eigenvalue weighted by Crippen LogP contribution is -2.07. The van der Waals surface area contributed by atoms with Crippen LogP contribution in [0.5, 0.6) is 17.5 Å². The van der Waals surface area contributed by atoms with Crippen molar-refractivity contribution < 1.29 is 23.9 Å². The Morgan fingerprint density at radius 1 is 1.12 bits per heavy atom. The Labute approximate surface area is 188 Å². The summed E-state index contributed by atoms with van der Waals surface area (Å²) in [5.41, 5.74) is 2.21. The van der Waals surface area contributed by atoms with Gasteiger partial charge in [0, 0.05) is 16.8 Å². The number of ether oxygens (including phenoxy) is 3. The summed E-state index contributed by atoms with van der Waals surface area (Å²) in [4.78, 5) is 31.3. The molecule has 0 N–H and O–H groups in total. The first-order valence-electron chi connectivity index (χ1n) is 10.0. The number of hydrogen-bond acceptors (Lipinski definition) is 8. The molecule has 0 aliphatic rings. The molecule has 0 radical (unpaired) electrons. The molecule has 0 saturated heterocycles. The number of methoxy groups -OCH3 is 1. The monoisotopic (exact) mass is 448 g/mol. The molecular formula is C23H20N4O6. The van der Waals surface area contributed by atoms with Gasteiger partial charge in [0.15, 0.2) is 0 Å². The molecule has 168 valence electrons. The van der Waals surface area contributed by atoms with Crippen molar-refractivity contribution in [1.29, 1.82) is 0 Å². The average Bonchev–Trinajstić information content (AvgIpc) is 3.10. The van der Waals surface area contributed by atoms with Gasteiger partial charge in [-0.15, -0.1) is 0 Å². The van der Waals surface area contributed by atoms with Crippen LogP contribution in [-0.4, -0.2) is 39.1 Å². The number of carbonyl (C=O) groups is 1. The van der Waals surface area contributed by atoms with E-state index < -0.39 is 16.6 Å². The Balaban J connectivity index is 1.88. The molecule has 0 spiro atoms. The highest BCUT2D eigenvalue weighted by Crippen LogP contribution is 2.37. The number of esters is 1. The Hall–Kier alpha value is -4.47. The summed E-state index contributed by atoms with van der Waals surface area (Å²) in [7, 11) is 1.27. The maximum atomic E-state index is 12.8. The minimum atomic E-state index is -0.674. The van der Waals surface area contributed by atoms with Gasteiger partial charge < -0.3 is 18.8 Å². The molecule has 33 heavy (non-hydrogen) atoms. The third-order valence-electron chi connectivity index (χ3n) is 5.02. The van der Waals surface area contributed by atoms with Gasteiger partial charge >= 0.3 is 23.4 Å². The van der Waals surface area contributed by atoms with Gasteiger partial charge in [-0.3, -0.25) is 10.1 Å². The van der Waals surface area contributed by atoms with Crippen LogP contribution in [0.4, 0.5) is 5.69 Å². The summed E-state index contributed by atoms with van der Waals surface area (Å²) in [6.07, 6.45) is 1.11. The van der Waals surface area contributed by atoms with Gasteiger partial charge in [-0.1, -0.05) is 18.2 Å². The molecule has 0 bridgehead atoms. The quantitative estimate of drug-likeness (QED) is 0.228. The number of benzene rings is 2.